The molecule has 3 N–H and O–H groups in total. The molecule has 0 aliphatic carbocycles. The van der Waals surface area contributed by atoms with Gasteiger partial charge in [-0.3, -0.25) is 0 Å². The van der Waals surface area contributed by atoms with Crippen LogP contribution in [0.15, 0.2) is 23.1 Å². The van der Waals surface area contributed by atoms with Crippen molar-refractivity contribution < 1.29 is 12.8 Å². The van der Waals surface area contributed by atoms with E-state index >= 15 is 0 Å². The van der Waals surface area contributed by atoms with Crippen molar-refractivity contribution >= 4 is 15.7 Å². The second-order valence-electron chi connectivity index (χ2n) is 3.40. The number of rotatable bonds is 5. The minimum absolute atomic E-state index is 0.175. The van der Waals surface area contributed by atoms with Crippen LogP contribution in [0.1, 0.15) is 12.8 Å². The van der Waals surface area contributed by atoms with Gasteiger partial charge >= 0.3 is 0 Å². The van der Waals surface area contributed by atoms with E-state index in [1.807, 2.05) is 0 Å². The van der Waals surface area contributed by atoms with Crippen LogP contribution in [0.4, 0.5) is 10.1 Å². The maximum Gasteiger partial charge on any atom is 0.243 e. The van der Waals surface area contributed by atoms with Gasteiger partial charge in [0.15, 0.2) is 0 Å². The largest absolute Gasteiger partial charge is 0.399 e. The van der Waals surface area contributed by atoms with E-state index in [9.17, 15) is 12.8 Å². The third-order valence-corrected chi connectivity index (χ3v) is 3.53. The first-order chi connectivity index (χ1) is 7.97. The number of benzene rings is 1. The Bertz CT molecular complexity index is 535. The van der Waals surface area contributed by atoms with Crippen LogP contribution < -0.4 is 10.5 Å². The number of unbranched alkanes of at least 4 members (excludes halogenated alkanes) is 1. The Balaban J connectivity index is 2.80. The maximum atomic E-state index is 13.4. The monoisotopic (exact) mass is 256 g/mol. The Kier molecular flexibility index (Phi) is 4.49. The summed E-state index contributed by atoms with van der Waals surface area (Å²) in [7, 11) is -3.84. The molecule has 0 saturated carbocycles. The number of terminal acetylenes is 1. The lowest BCUT2D eigenvalue weighted by Gasteiger charge is -2.07. The average Bonchev–Trinajstić information content (AvgIpc) is 2.24. The van der Waals surface area contributed by atoms with Crippen LogP contribution in [-0.2, 0) is 10.0 Å². The lowest BCUT2D eigenvalue weighted by Crippen LogP contribution is -2.25. The molecule has 0 aromatic heterocycles. The molecule has 1 aromatic rings. The van der Waals surface area contributed by atoms with Gasteiger partial charge in [0, 0.05) is 18.7 Å². The minimum atomic E-state index is -3.84. The van der Waals surface area contributed by atoms with E-state index in [1.54, 1.807) is 0 Å². The number of halogens is 1. The van der Waals surface area contributed by atoms with Crippen molar-refractivity contribution in [3.05, 3.63) is 24.0 Å². The molecule has 0 unspecified atom stereocenters. The van der Waals surface area contributed by atoms with Crippen molar-refractivity contribution in [3.63, 3.8) is 0 Å². The number of nitrogens with one attached hydrogen (secondary N) is 1. The molecular weight excluding hydrogens is 243 g/mol. The second kappa shape index (κ2) is 5.66. The van der Waals surface area contributed by atoms with Gasteiger partial charge in [-0.1, -0.05) is 0 Å². The van der Waals surface area contributed by atoms with Gasteiger partial charge in [0.25, 0.3) is 0 Å². The first-order valence-electron chi connectivity index (χ1n) is 4.95. The number of hydrogen-bond acceptors (Lipinski definition) is 3. The number of anilines is 1. The highest BCUT2D eigenvalue weighted by Crippen LogP contribution is 2.16. The molecule has 0 radical (unpaired) electrons. The van der Waals surface area contributed by atoms with E-state index in [0.29, 0.717) is 12.8 Å². The molecule has 1 aromatic carbocycles. The molecule has 0 aliphatic rings. The zero-order valence-electron chi connectivity index (χ0n) is 9.11. The topological polar surface area (TPSA) is 72.2 Å². The molecule has 17 heavy (non-hydrogen) atoms. The predicted molar refractivity (Wildman–Crippen MR) is 64.1 cm³/mol. The summed E-state index contributed by atoms with van der Waals surface area (Å²) in [5.74, 6) is 1.52. The highest BCUT2D eigenvalue weighted by Gasteiger charge is 2.18. The molecule has 0 amide bonds. The van der Waals surface area contributed by atoms with E-state index in [0.717, 1.165) is 12.1 Å². The smallest absolute Gasteiger partial charge is 0.243 e. The van der Waals surface area contributed by atoms with Crippen molar-refractivity contribution in [1.29, 1.82) is 0 Å². The van der Waals surface area contributed by atoms with Crippen LogP contribution in [0, 0.1) is 18.2 Å². The van der Waals surface area contributed by atoms with Crippen LogP contribution in [-0.4, -0.2) is 15.0 Å². The van der Waals surface area contributed by atoms with Crippen LogP contribution in [0.25, 0.3) is 0 Å². The Labute approximate surface area is 100 Å². The van der Waals surface area contributed by atoms with Gasteiger partial charge in [-0.2, -0.15) is 0 Å². The van der Waals surface area contributed by atoms with Gasteiger partial charge < -0.3 is 5.73 Å². The van der Waals surface area contributed by atoms with Gasteiger partial charge in [0.05, 0.1) is 0 Å². The lowest BCUT2D eigenvalue weighted by molar-refractivity contribution is 0.556. The van der Waals surface area contributed by atoms with Crippen LogP contribution in [0.5, 0.6) is 0 Å². The molecule has 0 heterocycles. The summed E-state index contributed by atoms with van der Waals surface area (Å²) in [6, 6.07) is 3.43. The average molecular weight is 256 g/mol. The first-order valence-corrected chi connectivity index (χ1v) is 6.44. The fourth-order valence-corrected chi connectivity index (χ4v) is 2.34. The zero-order valence-corrected chi connectivity index (χ0v) is 9.93. The predicted octanol–water partition coefficient (Wildman–Crippen LogP) is 1.10. The Hall–Kier alpha value is -1.58. The van der Waals surface area contributed by atoms with Crippen LogP contribution >= 0.6 is 0 Å². The number of nitrogens with two attached hydrogens (primary N) is 1. The van der Waals surface area contributed by atoms with Gasteiger partial charge in [0.1, 0.15) is 10.7 Å². The van der Waals surface area contributed by atoms with Crippen LogP contribution in [0.3, 0.4) is 0 Å². The summed E-state index contributed by atoms with van der Waals surface area (Å²) in [5, 5.41) is 0. The first kappa shape index (κ1) is 13.5. The Morgan fingerprint density at radius 2 is 2.18 bits per heavy atom. The van der Waals surface area contributed by atoms with Crippen molar-refractivity contribution in [2.24, 2.45) is 0 Å². The maximum absolute atomic E-state index is 13.4. The SMILES string of the molecule is C#CCCCNS(=O)(=O)c1ccc(N)cc1F. The summed E-state index contributed by atoms with van der Waals surface area (Å²) >= 11 is 0. The molecule has 0 bridgehead atoms. The van der Waals surface area contributed by atoms with E-state index in [2.05, 4.69) is 10.6 Å². The summed E-state index contributed by atoms with van der Waals surface area (Å²) < 4.78 is 39.0. The molecular formula is C11H13FN2O2S. The van der Waals surface area contributed by atoms with E-state index < -0.39 is 20.7 Å². The highest BCUT2D eigenvalue weighted by molar-refractivity contribution is 7.89. The van der Waals surface area contributed by atoms with Crippen molar-refractivity contribution in [2.75, 3.05) is 12.3 Å². The van der Waals surface area contributed by atoms with E-state index in [4.69, 9.17) is 12.2 Å². The third kappa shape index (κ3) is 3.73. The zero-order chi connectivity index (χ0) is 12.9. The molecule has 0 spiro atoms. The molecule has 92 valence electrons. The van der Waals surface area contributed by atoms with E-state index in [-0.39, 0.29) is 12.2 Å². The normalized spacial score (nSPS) is 11.1. The fourth-order valence-electron chi connectivity index (χ4n) is 1.21. The molecule has 0 fully saturated rings. The molecule has 0 saturated heterocycles. The summed E-state index contributed by atoms with van der Waals surface area (Å²) in [4.78, 5) is -0.410. The highest BCUT2D eigenvalue weighted by atomic mass is 32.2. The summed E-state index contributed by atoms with van der Waals surface area (Å²) in [6.45, 7) is 0.177. The van der Waals surface area contributed by atoms with Crippen molar-refractivity contribution in [2.45, 2.75) is 17.7 Å². The molecule has 6 heteroatoms. The Morgan fingerprint density at radius 1 is 1.47 bits per heavy atom. The summed E-state index contributed by atoms with van der Waals surface area (Å²) in [5.41, 5.74) is 5.51. The molecule has 4 nitrogen and oxygen atoms in total. The molecule has 1 rings (SSSR count). The second-order valence-corrected chi connectivity index (χ2v) is 5.13. The minimum Gasteiger partial charge on any atom is -0.399 e. The van der Waals surface area contributed by atoms with Gasteiger partial charge in [-0.05, 0) is 24.6 Å². The number of sulfonamides is 1. The summed E-state index contributed by atoms with van der Waals surface area (Å²) in [6.07, 6.45) is 6.00. The standard InChI is InChI=1S/C11H13FN2O2S/c1-2-3-4-7-14-17(15,16)11-6-5-9(13)8-10(11)12/h1,5-6,8,14H,3-4,7,13H2. The lowest BCUT2D eigenvalue weighted by atomic mass is 10.3. The number of nitrogen functional groups attached to an aromatic ring is 1. The fraction of sp³-hybridized carbons (Fsp3) is 0.273. The van der Waals surface area contributed by atoms with Gasteiger partial charge in [-0.25, -0.2) is 17.5 Å². The van der Waals surface area contributed by atoms with Crippen molar-refractivity contribution in [1.82, 2.24) is 4.72 Å². The molecule has 0 aliphatic heterocycles. The molecule has 0 atom stereocenters. The van der Waals surface area contributed by atoms with Gasteiger partial charge in [-0.15, -0.1) is 12.3 Å². The Morgan fingerprint density at radius 3 is 2.76 bits per heavy atom. The quantitative estimate of drug-likeness (QED) is 0.471. The van der Waals surface area contributed by atoms with E-state index in [1.165, 1.54) is 6.07 Å². The van der Waals surface area contributed by atoms with Gasteiger partial charge in [0.2, 0.25) is 10.0 Å². The third-order valence-electron chi connectivity index (χ3n) is 2.04. The number of hydrogen-bond donors (Lipinski definition) is 2. The van der Waals surface area contributed by atoms with Crippen molar-refractivity contribution in [3.8, 4) is 12.3 Å². The van der Waals surface area contributed by atoms with Crippen LogP contribution in [0.2, 0.25) is 0 Å².